The Bertz CT molecular complexity index is 1430. The number of halogens is 2. The lowest BCUT2D eigenvalue weighted by Crippen LogP contribution is -2.26. The summed E-state index contributed by atoms with van der Waals surface area (Å²) in [5.41, 5.74) is 2.06. The van der Waals surface area contributed by atoms with Gasteiger partial charge in [0.15, 0.2) is 0 Å². The molecule has 0 bridgehead atoms. The fourth-order valence-corrected chi connectivity index (χ4v) is 5.68. The average Bonchev–Trinajstić information content (AvgIpc) is 3.19. The second kappa shape index (κ2) is 8.86. The van der Waals surface area contributed by atoms with Crippen LogP contribution in [0.5, 0.6) is 0 Å². The molecule has 1 amide bonds. The highest BCUT2D eigenvalue weighted by atomic mass is 79.9. The number of benzene rings is 3. The highest BCUT2D eigenvalue weighted by molar-refractivity contribution is 9.10. The summed E-state index contributed by atoms with van der Waals surface area (Å²) in [6.07, 6.45) is 0. The second-order valence-corrected chi connectivity index (χ2v) is 11.6. The van der Waals surface area contributed by atoms with Crippen molar-refractivity contribution in [1.29, 1.82) is 0 Å². The van der Waals surface area contributed by atoms with Crippen molar-refractivity contribution in [3.05, 3.63) is 86.7 Å². The molecule has 0 radical (unpaired) electrons. The van der Waals surface area contributed by atoms with Crippen LogP contribution in [0.15, 0.2) is 76.1 Å². The highest BCUT2D eigenvalue weighted by Gasteiger charge is 2.22. The van der Waals surface area contributed by atoms with E-state index in [1.54, 1.807) is 54.6 Å². The Balaban J connectivity index is 1.60. The van der Waals surface area contributed by atoms with Gasteiger partial charge in [-0.05, 0) is 78.5 Å². The molecule has 0 saturated carbocycles. The number of nitrogens with one attached hydrogen (secondary N) is 1. The number of aryl methyl sites for hydroxylation is 1. The zero-order valence-corrected chi connectivity index (χ0v) is 21.1. The van der Waals surface area contributed by atoms with Gasteiger partial charge in [-0.1, -0.05) is 33.6 Å². The molecule has 164 valence electrons. The molecule has 4 rings (SSSR count). The Kier molecular flexibility index (Phi) is 6.31. The molecule has 3 aromatic carbocycles. The topological polar surface area (TPSA) is 66.5 Å². The normalized spacial score (nSPS) is 11.5. The number of rotatable bonds is 5. The van der Waals surface area contributed by atoms with Gasteiger partial charge in [-0.2, -0.15) is 0 Å². The molecule has 0 atom stereocenters. The quantitative estimate of drug-likeness (QED) is 0.301. The van der Waals surface area contributed by atoms with Gasteiger partial charge in [-0.25, -0.2) is 8.42 Å². The number of thiophene rings is 1. The number of sulfonamides is 1. The lowest BCUT2D eigenvalue weighted by molar-refractivity contribution is 0.103. The Morgan fingerprint density at radius 3 is 2.44 bits per heavy atom. The van der Waals surface area contributed by atoms with Crippen LogP contribution in [-0.2, 0) is 10.0 Å². The second-order valence-electron chi connectivity index (χ2n) is 7.18. The van der Waals surface area contributed by atoms with Crippen molar-refractivity contribution in [3.63, 3.8) is 0 Å². The molecule has 0 spiro atoms. The van der Waals surface area contributed by atoms with E-state index >= 15 is 0 Å². The largest absolute Gasteiger partial charge is 0.321 e. The molecule has 0 aliphatic rings. The summed E-state index contributed by atoms with van der Waals surface area (Å²) in [6, 6.07) is 18.9. The van der Waals surface area contributed by atoms with E-state index < -0.39 is 10.0 Å². The summed E-state index contributed by atoms with van der Waals surface area (Å²) in [5.74, 6) is -0.247. The fourth-order valence-electron chi connectivity index (χ4n) is 3.11. The van der Waals surface area contributed by atoms with Gasteiger partial charge in [-0.3, -0.25) is 9.10 Å². The molecule has 4 aromatic rings. The van der Waals surface area contributed by atoms with Crippen molar-refractivity contribution in [3.8, 4) is 0 Å². The number of hydrogen-bond donors (Lipinski definition) is 1. The van der Waals surface area contributed by atoms with Crippen LogP contribution < -0.4 is 9.62 Å². The SMILES string of the molecule is Cc1ccc(NC(=O)c2cc3cc(N(C)S(=O)(=O)c4ccc(Br)cc4)ccc3s2)cc1Cl. The van der Waals surface area contributed by atoms with Crippen LogP contribution in [0.3, 0.4) is 0 Å². The number of hydrogen-bond acceptors (Lipinski definition) is 4. The summed E-state index contributed by atoms with van der Waals surface area (Å²) in [7, 11) is -2.20. The summed E-state index contributed by atoms with van der Waals surface area (Å²) in [5, 5.41) is 4.22. The van der Waals surface area contributed by atoms with Crippen molar-refractivity contribution < 1.29 is 13.2 Å². The number of anilines is 2. The lowest BCUT2D eigenvalue weighted by atomic mass is 10.2. The first-order valence-electron chi connectivity index (χ1n) is 9.51. The van der Waals surface area contributed by atoms with Crippen molar-refractivity contribution in [2.24, 2.45) is 0 Å². The van der Waals surface area contributed by atoms with Crippen LogP contribution in [0.25, 0.3) is 10.1 Å². The Morgan fingerprint density at radius 1 is 1.03 bits per heavy atom. The van der Waals surface area contributed by atoms with E-state index in [9.17, 15) is 13.2 Å². The van der Waals surface area contributed by atoms with Crippen molar-refractivity contribution in [2.45, 2.75) is 11.8 Å². The summed E-state index contributed by atoms with van der Waals surface area (Å²) in [4.78, 5) is 13.4. The van der Waals surface area contributed by atoms with Gasteiger partial charge in [0.05, 0.1) is 15.5 Å². The molecule has 1 heterocycles. The lowest BCUT2D eigenvalue weighted by Gasteiger charge is -2.19. The van der Waals surface area contributed by atoms with Crippen LogP contribution >= 0.6 is 38.9 Å². The molecule has 0 unspecified atom stereocenters. The van der Waals surface area contributed by atoms with Gasteiger partial charge < -0.3 is 5.32 Å². The summed E-state index contributed by atoms with van der Waals surface area (Å²) < 4.78 is 28.9. The van der Waals surface area contributed by atoms with E-state index in [-0.39, 0.29) is 10.8 Å². The van der Waals surface area contributed by atoms with E-state index in [0.717, 1.165) is 20.1 Å². The molecule has 32 heavy (non-hydrogen) atoms. The Morgan fingerprint density at radius 2 is 1.75 bits per heavy atom. The maximum atomic E-state index is 13.0. The molecule has 0 aliphatic heterocycles. The number of carbonyl (C=O) groups excluding carboxylic acids is 1. The van der Waals surface area contributed by atoms with Gasteiger partial charge in [-0.15, -0.1) is 11.3 Å². The van der Waals surface area contributed by atoms with E-state index in [2.05, 4.69) is 21.2 Å². The maximum absolute atomic E-state index is 13.0. The number of nitrogens with zero attached hydrogens (tertiary/aromatic N) is 1. The van der Waals surface area contributed by atoms with Gasteiger partial charge >= 0.3 is 0 Å². The van der Waals surface area contributed by atoms with Crippen molar-refractivity contribution >= 4 is 76.3 Å². The van der Waals surface area contributed by atoms with E-state index in [0.29, 0.717) is 21.3 Å². The van der Waals surface area contributed by atoms with Crippen LogP contribution in [0, 0.1) is 6.92 Å². The summed E-state index contributed by atoms with van der Waals surface area (Å²) in [6.45, 7) is 1.89. The van der Waals surface area contributed by atoms with Gasteiger partial charge in [0.25, 0.3) is 15.9 Å². The predicted molar refractivity (Wildman–Crippen MR) is 136 cm³/mol. The van der Waals surface area contributed by atoms with Crippen molar-refractivity contribution in [1.82, 2.24) is 0 Å². The maximum Gasteiger partial charge on any atom is 0.265 e. The molecule has 1 N–H and O–H groups in total. The first-order chi connectivity index (χ1) is 15.1. The smallest absolute Gasteiger partial charge is 0.265 e. The van der Waals surface area contributed by atoms with Crippen LogP contribution in [0.2, 0.25) is 5.02 Å². The van der Waals surface area contributed by atoms with E-state index in [4.69, 9.17) is 11.6 Å². The average molecular weight is 550 g/mol. The van der Waals surface area contributed by atoms with Crippen LogP contribution in [0.4, 0.5) is 11.4 Å². The first kappa shape index (κ1) is 22.8. The van der Waals surface area contributed by atoms with E-state index in [1.165, 1.54) is 22.7 Å². The molecule has 0 aliphatic carbocycles. The van der Waals surface area contributed by atoms with E-state index in [1.807, 2.05) is 19.1 Å². The molecule has 1 aromatic heterocycles. The Hall–Kier alpha value is -2.39. The Labute approximate surface area is 203 Å². The standard InChI is InChI=1S/C23H18BrClN2O3S2/c1-14-3-6-17(13-20(14)25)26-23(28)22-12-15-11-18(7-10-21(15)31-22)27(2)32(29,30)19-8-4-16(24)5-9-19/h3-13H,1-2H3,(H,26,28). The molecule has 5 nitrogen and oxygen atoms in total. The molecular weight excluding hydrogens is 532 g/mol. The third-order valence-corrected chi connectivity index (χ3v) is 8.84. The minimum atomic E-state index is -3.71. The monoisotopic (exact) mass is 548 g/mol. The van der Waals surface area contributed by atoms with Gasteiger partial charge in [0.1, 0.15) is 0 Å². The molecule has 9 heteroatoms. The van der Waals surface area contributed by atoms with Crippen molar-refractivity contribution in [2.75, 3.05) is 16.7 Å². The van der Waals surface area contributed by atoms with Crippen LogP contribution in [-0.4, -0.2) is 21.4 Å². The number of carbonyl (C=O) groups is 1. The first-order valence-corrected chi connectivity index (χ1v) is 12.9. The molecule has 0 fully saturated rings. The number of amides is 1. The third kappa shape index (κ3) is 4.54. The fraction of sp³-hybridized carbons (Fsp3) is 0.0870. The molecular formula is C23H18BrClN2O3S2. The molecule has 0 saturated heterocycles. The van der Waals surface area contributed by atoms with Gasteiger partial charge in [0.2, 0.25) is 0 Å². The minimum Gasteiger partial charge on any atom is -0.321 e. The third-order valence-electron chi connectivity index (χ3n) is 4.99. The van der Waals surface area contributed by atoms with Crippen LogP contribution in [0.1, 0.15) is 15.2 Å². The minimum absolute atomic E-state index is 0.199. The zero-order valence-electron chi connectivity index (χ0n) is 17.1. The highest BCUT2D eigenvalue weighted by Crippen LogP contribution is 2.32. The number of fused-ring (bicyclic) bond motifs is 1. The zero-order chi connectivity index (χ0) is 23.0. The summed E-state index contributed by atoms with van der Waals surface area (Å²) >= 11 is 10.8. The van der Waals surface area contributed by atoms with Gasteiger partial charge in [0, 0.05) is 26.9 Å². The predicted octanol–water partition coefficient (Wildman–Crippen LogP) is 6.70.